The zero-order valence-corrected chi connectivity index (χ0v) is 12.5. The van der Waals surface area contributed by atoms with Crippen LogP contribution in [-0.4, -0.2) is 24.5 Å². The Morgan fingerprint density at radius 1 is 1.00 bits per heavy atom. The van der Waals surface area contributed by atoms with Crippen molar-refractivity contribution in [3.63, 3.8) is 0 Å². The monoisotopic (exact) mass is 353 g/mol. The molecule has 0 radical (unpaired) electrons. The molecule has 2 rings (SSSR count). The lowest BCUT2D eigenvalue weighted by atomic mass is 10.2. The minimum atomic E-state index is -4.48. The second-order valence-corrected chi connectivity index (χ2v) is 6.03. The molecular weight excluding hydrogens is 345 g/mol. The Kier molecular flexibility index (Phi) is 4.64. The van der Waals surface area contributed by atoms with Crippen molar-refractivity contribution in [3.8, 4) is 0 Å². The zero-order chi connectivity index (χ0) is 17.9. The summed E-state index contributed by atoms with van der Waals surface area (Å²) in [4.78, 5) is 18.9. The highest BCUT2D eigenvalue weighted by Gasteiger charge is 2.27. The summed E-state index contributed by atoms with van der Waals surface area (Å²) < 4.78 is 40.3. The fourth-order valence-electron chi connectivity index (χ4n) is 1.72. The Hall–Kier alpha value is -3.21. The van der Waals surface area contributed by atoms with Crippen LogP contribution in [0, 0.1) is 26.0 Å². The summed E-state index contributed by atoms with van der Waals surface area (Å²) in [7, 11) is -4.48. The summed E-state index contributed by atoms with van der Waals surface area (Å²) in [5.41, 5.74) is -1.33. The molecule has 0 fully saturated rings. The highest BCUT2D eigenvalue weighted by atomic mass is 32.2. The highest BCUT2D eigenvalue weighted by molar-refractivity contribution is 7.90. The number of rotatable bonds is 5. The molecule has 2 aromatic carbocycles. The molecule has 0 aliphatic heterocycles. The van der Waals surface area contributed by atoms with Crippen molar-refractivity contribution in [2.75, 3.05) is 0 Å². The van der Waals surface area contributed by atoms with Gasteiger partial charge in [-0.1, -0.05) is 12.1 Å². The number of nitro benzene ring substituents is 2. The average Bonchev–Trinajstić information content (AvgIpc) is 2.53. The molecule has 0 bridgehead atoms. The van der Waals surface area contributed by atoms with Crippen molar-refractivity contribution in [3.05, 3.63) is 74.1 Å². The van der Waals surface area contributed by atoms with Crippen molar-refractivity contribution < 1.29 is 22.7 Å². The van der Waals surface area contributed by atoms with Gasteiger partial charge in [-0.2, -0.15) is 12.8 Å². The molecule has 0 saturated heterocycles. The molecule has 0 atom stereocenters. The van der Waals surface area contributed by atoms with Crippen LogP contribution in [0.3, 0.4) is 0 Å². The van der Waals surface area contributed by atoms with Gasteiger partial charge in [-0.15, -0.1) is 0 Å². The SMILES string of the molecule is O=[N+]([O-])c1ccc(S(=O)(=O)N=Cc2ccc(F)cc2)c([N+](=O)[O-])c1. The third kappa shape index (κ3) is 3.76. The Labute approximate surface area is 134 Å². The molecule has 0 unspecified atom stereocenters. The topological polar surface area (TPSA) is 133 Å². The van der Waals surface area contributed by atoms with Gasteiger partial charge in [0.2, 0.25) is 0 Å². The van der Waals surface area contributed by atoms with E-state index in [1.54, 1.807) is 0 Å². The third-order valence-corrected chi connectivity index (χ3v) is 4.12. The number of halogens is 1. The molecule has 124 valence electrons. The molecule has 0 amide bonds. The predicted octanol–water partition coefficient (Wildman–Crippen LogP) is 2.45. The fourth-order valence-corrected chi connectivity index (χ4v) is 2.73. The third-order valence-electron chi connectivity index (χ3n) is 2.84. The first-order valence-electron chi connectivity index (χ1n) is 6.19. The Balaban J connectivity index is 2.47. The van der Waals surface area contributed by atoms with Crippen LogP contribution < -0.4 is 0 Å². The average molecular weight is 353 g/mol. The van der Waals surface area contributed by atoms with E-state index in [2.05, 4.69) is 4.40 Å². The van der Waals surface area contributed by atoms with E-state index in [1.807, 2.05) is 0 Å². The van der Waals surface area contributed by atoms with E-state index in [0.29, 0.717) is 6.07 Å². The number of sulfonamides is 1. The van der Waals surface area contributed by atoms with Crippen molar-refractivity contribution >= 4 is 27.6 Å². The van der Waals surface area contributed by atoms with E-state index in [-0.39, 0.29) is 5.56 Å². The Morgan fingerprint density at radius 2 is 1.62 bits per heavy atom. The highest BCUT2D eigenvalue weighted by Crippen LogP contribution is 2.29. The maximum Gasteiger partial charge on any atom is 0.296 e. The summed E-state index contributed by atoms with van der Waals surface area (Å²) in [6.45, 7) is 0. The van der Waals surface area contributed by atoms with Crippen molar-refractivity contribution in [1.29, 1.82) is 0 Å². The first-order valence-corrected chi connectivity index (χ1v) is 7.63. The van der Waals surface area contributed by atoms with Crippen molar-refractivity contribution in [1.82, 2.24) is 0 Å². The smallest absolute Gasteiger partial charge is 0.258 e. The quantitative estimate of drug-likeness (QED) is 0.460. The van der Waals surface area contributed by atoms with Crippen LogP contribution in [0.2, 0.25) is 0 Å². The van der Waals surface area contributed by atoms with E-state index in [0.717, 1.165) is 30.5 Å². The molecule has 2 aromatic rings. The van der Waals surface area contributed by atoms with Crippen molar-refractivity contribution in [2.24, 2.45) is 4.40 Å². The van der Waals surface area contributed by atoms with E-state index < -0.39 is 42.0 Å². The minimum absolute atomic E-state index is 0.254. The van der Waals surface area contributed by atoms with Crippen LogP contribution in [-0.2, 0) is 10.0 Å². The number of hydrogen-bond donors (Lipinski definition) is 0. The lowest BCUT2D eigenvalue weighted by molar-refractivity contribution is -0.396. The Morgan fingerprint density at radius 3 is 2.17 bits per heavy atom. The van der Waals surface area contributed by atoms with Gasteiger partial charge in [0.05, 0.1) is 15.9 Å². The van der Waals surface area contributed by atoms with Gasteiger partial charge >= 0.3 is 0 Å². The molecule has 0 saturated carbocycles. The van der Waals surface area contributed by atoms with Crippen LogP contribution in [0.25, 0.3) is 0 Å². The first-order chi connectivity index (χ1) is 11.2. The first kappa shape index (κ1) is 17.1. The van der Waals surface area contributed by atoms with Crippen LogP contribution in [0.5, 0.6) is 0 Å². The van der Waals surface area contributed by atoms with Crippen LogP contribution >= 0.6 is 0 Å². The van der Waals surface area contributed by atoms with E-state index in [9.17, 15) is 33.0 Å². The summed E-state index contributed by atoms with van der Waals surface area (Å²) in [6, 6.07) is 6.81. The van der Waals surface area contributed by atoms with Gasteiger partial charge in [-0.25, -0.2) is 4.39 Å². The van der Waals surface area contributed by atoms with Crippen molar-refractivity contribution in [2.45, 2.75) is 4.90 Å². The van der Waals surface area contributed by atoms with E-state index in [1.165, 1.54) is 12.1 Å². The summed E-state index contributed by atoms with van der Waals surface area (Å²) in [5, 5.41) is 21.6. The standard InChI is InChI=1S/C13H8FN3O6S/c14-10-3-1-9(2-4-10)8-15-24(22,23)13-6-5-11(16(18)19)7-12(13)17(20)21/h1-8H. The predicted molar refractivity (Wildman–Crippen MR) is 80.9 cm³/mol. The van der Waals surface area contributed by atoms with Gasteiger partial charge in [0.25, 0.3) is 21.4 Å². The summed E-state index contributed by atoms with van der Waals surface area (Å²) in [5.74, 6) is -0.527. The largest absolute Gasteiger partial charge is 0.296 e. The fraction of sp³-hybridized carbons (Fsp3) is 0. The molecule has 0 spiro atoms. The van der Waals surface area contributed by atoms with E-state index in [4.69, 9.17) is 0 Å². The number of benzene rings is 2. The molecule has 24 heavy (non-hydrogen) atoms. The molecule has 11 heteroatoms. The van der Waals surface area contributed by atoms with Crippen LogP contribution in [0.1, 0.15) is 5.56 Å². The van der Waals surface area contributed by atoms with Gasteiger partial charge < -0.3 is 0 Å². The normalized spacial score (nSPS) is 11.5. The second kappa shape index (κ2) is 6.50. The number of hydrogen-bond acceptors (Lipinski definition) is 6. The van der Waals surface area contributed by atoms with Gasteiger partial charge in [0, 0.05) is 12.3 Å². The zero-order valence-electron chi connectivity index (χ0n) is 11.7. The Bertz CT molecular complexity index is 941. The second-order valence-electron chi connectivity index (χ2n) is 4.43. The van der Waals surface area contributed by atoms with Crippen LogP contribution in [0.4, 0.5) is 15.8 Å². The van der Waals surface area contributed by atoms with Gasteiger partial charge in [0.15, 0.2) is 4.90 Å². The molecule has 0 heterocycles. The van der Waals surface area contributed by atoms with Gasteiger partial charge in [-0.05, 0) is 23.8 Å². The number of non-ortho nitro benzene ring substituents is 1. The number of nitro groups is 2. The molecule has 0 aromatic heterocycles. The van der Waals surface area contributed by atoms with Gasteiger partial charge in [0.1, 0.15) is 5.82 Å². The number of nitrogens with zero attached hydrogens (tertiary/aromatic N) is 3. The maximum absolute atomic E-state index is 12.8. The van der Waals surface area contributed by atoms with Gasteiger partial charge in [-0.3, -0.25) is 20.2 Å². The minimum Gasteiger partial charge on any atom is -0.258 e. The lowest BCUT2D eigenvalue weighted by Crippen LogP contribution is -2.04. The molecule has 9 nitrogen and oxygen atoms in total. The summed E-state index contributed by atoms with van der Waals surface area (Å²) >= 11 is 0. The maximum atomic E-state index is 12.8. The van der Waals surface area contributed by atoms with E-state index >= 15 is 0 Å². The lowest BCUT2D eigenvalue weighted by Gasteiger charge is -2.01. The molecular formula is C13H8FN3O6S. The molecule has 0 aliphatic rings. The summed E-state index contributed by atoms with van der Waals surface area (Å²) in [6.07, 6.45) is 0.889. The molecule has 0 N–H and O–H groups in total. The van der Waals surface area contributed by atoms with Crippen LogP contribution in [0.15, 0.2) is 51.8 Å². The molecule has 0 aliphatic carbocycles.